The fourth-order valence-corrected chi connectivity index (χ4v) is 2.30. The Kier molecular flexibility index (Phi) is 9.38. The number of nitrogens with zero attached hydrogens (tertiary/aromatic N) is 1. The lowest BCUT2D eigenvalue weighted by atomic mass is 10.1. The smallest absolute Gasteiger partial charge is 0.328 e. The first-order valence-electron chi connectivity index (χ1n) is 8.74. The van der Waals surface area contributed by atoms with Gasteiger partial charge in [0.25, 0.3) is 0 Å². The molecule has 9 N–H and O–H groups in total. The van der Waals surface area contributed by atoms with Crippen LogP contribution in [0, 0.1) is 0 Å². The van der Waals surface area contributed by atoms with Crippen LogP contribution in [-0.2, 0) is 30.4 Å². The molecular weight excluding hydrogens is 404 g/mol. The second-order valence-electron chi connectivity index (χ2n) is 6.39. The van der Waals surface area contributed by atoms with Crippen molar-refractivity contribution in [1.82, 2.24) is 25.9 Å². The summed E-state index contributed by atoms with van der Waals surface area (Å²) in [5, 5.41) is 33.6. The number of H-pyrrole nitrogens is 1. The first kappa shape index (κ1) is 24.5. The molecule has 4 atom stereocenters. The third kappa shape index (κ3) is 8.24. The van der Waals surface area contributed by atoms with Gasteiger partial charge < -0.3 is 42.0 Å². The molecule has 3 amide bonds. The molecule has 166 valence electrons. The molecule has 0 radical (unpaired) electrons. The number of rotatable bonds is 12. The first-order valence-corrected chi connectivity index (χ1v) is 8.74. The maximum atomic E-state index is 12.2. The van der Waals surface area contributed by atoms with Gasteiger partial charge in [-0.05, 0) is 6.92 Å². The Labute approximate surface area is 170 Å². The summed E-state index contributed by atoms with van der Waals surface area (Å²) in [4.78, 5) is 64.7. The summed E-state index contributed by atoms with van der Waals surface area (Å²) in [7, 11) is 0. The minimum absolute atomic E-state index is 0.132. The predicted octanol–water partition coefficient (Wildman–Crippen LogP) is -3.69. The summed E-state index contributed by atoms with van der Waals surface area (Å²) in [5.41, 5.74) is 6.31. The minimum atomic E-state index is -1.70. The summed E-state index contributed by atoms with van der Waals surface area (Å²) in [6.07, 6.45) is 0.702. The van der Waals surface area contributed by atoms with Crippen molar-refractivity contribution in [2.24, 2.45) is 5.73 Å². The van der Waals surface area contributed by atoms with E-state index in [0.717, 1.165) is 6.92 Å². The molecule has 0 fully saturated rings. The lowest BCUT2D eigenvalue weighted by molar-refractivity contribution is -0.145. The number of aliphatic carboxylic acids is 2. The van der Waals surface area contributed by atoms with Crippen LogP contribution in [0.15, 0.2) is 12.5 Å². The van der Waals surface area contributed by atoms with Crippen molar-refractivity contribution >= 4 is 29.7 Å². The average Bonchev–Trinajstić information content (AvgIpc) is 3.15. The van der Waals surface area contributed by atoms with Crippen molar-refractivity contribution in [2.75, 3.05) is 6.54 Å². The topological polar surface area (TPSA) is 237 Å². The zero-order valence-electron chi connectivity index (χ0n) is 16.0. The molecule has 0 spiro atoms. The number of nitrogens with one attached hydrogen (secondary N) is 4. The highest BCUT2D eigenvalue weighted by molar-refractivity contribution is 5.94. The monoisotopic (exact) mass is 428 g/mol. The molecule has 0 aliphatic rings. The first-order chi connectivity index (χ1) is 14.0. The fraction of sp³-hybridized carbons (Fsp3) is 0.500. The van der Waals surface area contributed by atoms with Gasteiger partial charge in [-0.25, -0.2) is 9.78 Å². The number of hydrogen-bond acceptors (Lipinski definition) is 8. The molecule has 1 heterocycles. The van der Waals surface area contributed by atoms with Crippen molar-refractivity contribution in [2.45, 2.75) is 44.0 Å². The molecule has 0 saturated carbocycles. The largest absolute Gasteiger partial charge is 0.481 e. The Balaban J connectivity index is 2.63. The van der Waals surface area contributed by atoms with Gasteiger partial charge in [0.05, 0.1) is 31.4 Å². The van der Waals surface area contributed by atoms with Gasteiger partial charge in [0.15, 0.2) is 6.04 Å². The van der Waals surface area contributed by atoms with Crippen LogP contribution < -0.4 is 21.7 Å². The second kappa shape index (κ2) is 11.5. The van der Waals surface area contributed by atoms with E-state index in [0.29, 0.717) is 5.69 Å². The van der Waals surface area contributed by atoms with Gasteiger partial charge in [-0.15, -0.1) is 0 Å². The number of carboxylic acid groups (broad SMARTS) is 2. The molecule has 1 aromatic heterocycles. The Bertz CT molecular complexity index is 766. The van der Waals surface area contributed by atoms with E-state index in [1.807, 2.05) is 5.32 Å². The van der Waals surface area contributed by atoms with Crippen LogP contribution in [-0.4, -0.2) is 85.7 Å². The van der Waals surface area contributed by atoms with E-state index in [1.54, 1.807) is 0 Å². The number of aromatic nitrogens is 2. The SMILES string of the molecule is CC(O)C(NC(=O)C(CC(=O)O)NC(=O)CNC(=O)C(N)Cc1cnc[nH]1)C(=O)O. The molecule has 0 aromatic carbocycles. The Morgan fingerprint density at radius 2 is 1.83 bits per heavy atom. The van der Waals surface area contributed by atoms with E-state index in [9.17, 15) is 29.1 Å². The lowest BCUT2D eigenvalue weighted by Gasteiger charge is -2.22. The van der Waals surface area contributed by atoms with Crippen molar-refractivity contribution in [3.8, 4) is 0 Å². The van der Waals surface area contributed by atoms with Crippen LogP contribution in [0.5, 0.6) is 0 Å². The Hall–Kier alpha value is -3.52. The molecule has 1 rings (SSSR count). The fourth-order valence-electron chi connectivity index (χ4n) is 2.30. The van der Waals surface area contributed by atoms with Gasteiger partial charge in [-0.2, -0.15) is 0 Å². The number of carbonyl (C=O) groups excluding carboxylic acids is 3. The lowest BCUT2D eigenvalue weighted by Crippen LogP contribution is -2.56. The highest BCUT2D eigenvalue weighted by Crippen LogP contribution is 1.99. The zero-order valence-corrected chi connectivity index (χ0v) is 16.0. The van der Waals surface area contributed by atoms with Gasteiger partial charge in [-0.1, -0.05) is 0 Å². The molecular formula is C16H24N6O8. The molecule has 0 aliphatic heterocycles. The molecule has 30 heavy (non-hydrogen) atoms. The summed E-state index contributed by atoms with van der Waals surface area (Å²) in [6, 6.07) is -4.32. The van der Waals surface area contributed by atoms with Gasteiger partial charge >= 0.3 is 11.9 Å². The van der Waals surface area contributed by atoms with E-state index in [4.69, 9.17) is 15.9 Å². The Morgan fingerprint density at radius 1 is 1.17 bits per heavy atom. The minimum Gasteiger partial charge on any atom is -0.481 e. The summed E-state index contributed by atoms with van der Waals surface area (Å²) >= 11 is 0. The van der Waals surface area contributed by atoms with E-state index < -0.39 is 66.9 Å². The average molecular weight is 428 g/mol. The number of imidazole rings is 1. The van der Waals surface area contributed by atoms with Crippen LogP contribution in [0.2, 0.25) is 0 Å². The van der Waals surface area contributed by atoms with Crippen LogP contribution in [0.25, 0.3) is 0 Å². The maximum Gasteiger partial charge on any atom is 0.328 e. The predicted molar refractivity (Wildman–Crippen MR) is 98.7 cm³/mol. The summed E-state index contributed by atoms with van der Waals surface area (Å²) in [5.74, 6) is -5.68. The molecule has 0 aliphatic carbocycles. The molecule has 1 aromatic rings. The number of hydrogen-bond donors (Lipinski definition) is 8. The van der Waals surface area contributed by atoms with Gasteiger partial charge in [0.1, 0.15) is 6.04 Å². The molecule has 0 bridgehead atoms. The van der Waals surface area contributed by atoms with Crippen molar-refractivity contribution in [3.63, 3.8) is 0 Å². The quantitative estimate of drug-likeness (QED) is 0.162. The van der Waals surface area contributed by atoms with Crippen LogP contribution in [0.3, 0.4) is 0 Å². The maximum absolute atomic E-state index is 12.2. The van der Waals surface area contributed by atoms with E-state index in [1.165, 1.54) is 12.5 Å². The van der Waals surface area contributed by atoms with E-state index >= 15 is 0 Å². The number of carboxylic acids is 2. The normalized spacial score (nSPS) is 14.6. The number of nitrogens with two attached hydrogens (primary N) is 1. The van der Waals surface area contributed by atoms with Crippen LogP contribution in [0.1, 0.15) is 19.0 Å². The number of amides is 3. The summed E-state index contributed by atoms with van der Waals surface area (Å²) < 4.78 is 0. The van der Waals surface area contributed by atoms with E-state index in [-0.39, 0.29) is 6.42 Å². The zero-order chi connectivity index (χ0) is 22.8. The van der Waals surface area contributed by atoms with Gasteiger partial charge in [0, 0.05) is 18.3 Å². The number of aliphatic hydroxyl groups is 1. The molecule has 14 heteroatoms. The molecule has 4 unspecified atom stereocenters. The van der Waals surface area contributed by atoms with Crippen molar-refractivity contribution in [3.05, 3.63) is 18.2 Å². The van der Waals surface area contributed by atoms with Crippen LogP contribution >= 0.6 is 0 Å². The van der Waals surface area contributed by atoms with Crippen molar-refractivity contribution in [1.29, 1.82) is 0 Å². The van der Waals surface area contributed by atoms with Gasteiger partial charge in [-0.3, -0.25) is 19.2 Å². The van der Waals surface area contributed by atoms with Gasteiger partial charge in [0.2, 0.25) is 17.7 Å². The second-order valence-corrected chi connectivity index (χ2v) is 6.39. The number of aliphatic hydroxyl groups excluding tert-OH is 1. The summed E-state index contributed by atoms with van der Waals surface area (Å²) in [6.45, 7) is 0.517. The molecule has 0 saturated heterocycles. The Morgan fingerprint density at radius 3 is 2.33 bits per heavy atom. The highest BCUT2D eigenvalue weighted by atomic mass is 16.4. The van der Waals surface area contributed by atoms with E-state index in [2.05, 4.69) is 20.6 Å². The number of aromatic amines is 1. The van der Waals surface area contributed by atoms with Crippen molar-refractivity contribution < 1.29 is 39.3 Å². The standard InChI is InChI=1S/C16H24N6O8/c1-7(23)13(16(29)30)22-15(28)10(3-12(25)26)21-11(24)5-19-14(27)9(17)2-8-4-18-6-20-8/h4,6-7,9-10,13,23H,2-3,5,17H2,1H3,(H,18,20)(H,19,27)(H,21,24)(H,22,28)(H,25,26)(H,29,30). The third-order valence-corrected chi connectivity index (χ3v) is 3.83. The molecule has 14 nitrogen and oxygen atoms in total. The van der Waals surface area contributed by atoms with Crippen LogP contribution in [0.4, 0.5) is 0 Å². The number of carbonyl (C=O) groups is 5. The highest BCUT2D eigenvalue weighted by Gasteiger charge is 2.30. The third-order valence-electron chi connectivity index (χ3n) is 3.83.